The van der Waals surface area contributed by atoms with Crippen LogP contribution in [-0.2, 0) is 0 Å². The van der Waals surface area contributed by atoms with Gasteiger partial charge in [-0.3, -0.25) is 0 Å². The Morgan fingerprint density at radius 2 is 0.714 bits per heavy atom. The summed E-state index contributed by atoms with van der Waals surface area (Å²) in [5.74, 6) is 0. The Kier molecular flexibility index (Phi) is 56.0. The third-order valence-corrected chi connectivity index (χ3v) is 0. The Morgan fingerprint density at radius 1 is 0.714 bits per heavy atom. The van der Waals surface area contributed by atoms with Gasteiger partial charge in [-0.1, -0.05) is 0 Å². The molecule has 0 aromatic carbocycles. The van der Waals surface area contributed by atoms with Crippen molar-refractivity contribution in [1.29, 1.82) is 0 Å². The Labute approximate surface area is 53.4 Å². The van der Waals surface area contributed by atoms with Gasteiger partial charge in [-0.25, -0.2) is 0 Å². The normalized spacial score (nSPS) is 3.86. The Morgan fingerprint density at radius 3 is 0.714 bits per heavy atom. The van der Waals surface area contributed by atoms with Gasteiger partial charge in [-0.2, -0.15) is 0 Å². The fourth-order valence-electron chi connectivity index (χ4n) is 0. The van der Waals surface area contributed by atoms with Crippen molar-refractivity contribution in [2.75, 3.05) is 0 Å². The predicted octanol–water partition coefficient (Wildman–Crippen LogP) is -1.21. The van der Waals surface area contributed by atoms with Crippen LogP contribution < -0.4 is 0 Å². The van der Waals surface area contributed by atoms with Gasteiger partial charge in [0.05, 0.1) is 0 Å². The molecule has 0 saturated heterocycles. The second-order valence-corrected chi connectivity index (χ2v) is 1.80. The fraction of sp³-hybridized carbons (Fsp3) is 0. The first-order valence-corrected chi connectivity index (χ1v) is 4.77. The topological polar surface area (TPSA) is 94.5 Å². The van der Waals surface area contributed by atoms with E-state index >= 15 is 0 Å². The molecule has 7 heteroatoms. The molecule has 0 fully saturated rings. The summed E-state index contributed by atoms with van der Waals surface area (Å²) in [5.41, 5.74) is 0. The summed E-state index contributed by atoms with van der Waals surface area (Å²) in [6.07, 6.45) is 0. The predicted molar refractivity (Wildman–Crippen MR) is 14.2 cm³/mol. The molecule has 7 heavy (non-hydrogen) atoms. The first kappa shape index (κ1) is 24.8. The molecule has 0 atom stereocenters. The van der Waals surface area contributed by atoms with E-state index in [0.29, 0.717) is 0 Å². The molecular formula is H6F3LaO3. The Balaban J connectivity index is -0.0000000150. The van der Waals surface area contributed by atoms with Crippen molar-refractivity contribution in [2.24, 2.45) is 0 Å². The molecule has 3 nitrogen and oxygen atoms in total. The molecule has 0 heterocycles. The summed E-state index contributed by atoms with van der Waals surface area (Å²) in [4.78, 5) is 0. The molecule has 0 unspecified atom stereocenters. The SMILES string of the molecule is O.O.O.[F][La]([F])[F]. The molecule has 0 amide bonds. The van der Waals surface area contributed by atoms with Crippen molar-refractivity contribution in [3.8, 4) is 0 Å². The zero-order valence-electron chi connectivity index (χ0n) is 3.21. The molecule has 48 valence electrons. The average molecular weight is 250 g/mol. The van der Waals surface area contributed by atoms with Crippen LogP contribution in [0.3, 0.4) is 0 Å². The summed E-state index contributed by atoms with van der Waals surface area (Å²) >= 11 is -5.22. The third-order valence-electron chi connectivity index (χ3n) is 0. The molecule has 0 aliphatic heterocycles. The molecule has 0 aliphatic carbocycles. The zero-order valence-corrected chi connectivity index (χ0v) is 6.84. The van der Waals surface area contributed by atoms with Crippen molar-refractivity contribution in [2.45, 2.75) is 0 Å². The van der Waals surface area contributed by atoms with Crippen LogP contribution in [0.2, 0.25) is 0 Å². The van der Waals surface area contributed by atoms with E-state index in [1.54, 1.807) is 0 Å². The van der Waals surface area contributed by atoms with Crippen molar-refractivity contribution >= 4 is 0 Å². The van der Waals surface area contributed by atoms with Crippen LogP contribution >= 0.6 is 0 Å². The van der Waals surface area contributed by atoms with E-state index < -0.39 is 32.2 Å². The first-order chi connectivity index (χ1) is 1.73. The number of hydrogen-bond donors (Lipinski definition) is 0. The molecule has 0 aliphatic rings. The van der Waals surface area contributed by atoms with Crippen LogP contribution in [0.5, 0.6) is 0 Å². The Bertz CT molecular complexity index is 14.9. The van der Waals surface area contributed by atoms with Crippen molar-refractivity contribution in [1.82, 2.24) is 0 Å². The fourth-order valence-corrected chi connectivity index (χ4v) is 0. The maximum atomic E-state index is 9.89. The van der Waals surface area contributed by atoms with E-state index in [-0.39, 0.29) is 16.4 Å². The van der Waals surface area contributed by atoms with Gasteiger partial charge in [-0.15, -0.1) is 0 Å². The Hall–Kier alpha value is 0.865. The molecular weight excluding hydrogens is 244 g/mol. The summed E-state index contributed by atoms with van der Waals surface area (Å²) < 4.78 is 29.7. The van der Waals surface area contributed by atoms with E-state index in [4.69, 9.17) is 0 Å². The quantitative estimate of drug-likeness (QED) is 0.515. The monoisotopic (exact) mass is 250 g/mol. The molecule has 6 N–H and O–H groups in total. The summed E-state index contributed by atoms with van der Waals surface area (Å²) in [6.45, 7) is 0. The van der Waals surface area contributed by atoms with E-state index in [9.17, 15) is 4.81 Å². The van der Waals surface area contributed by atoms with Crippen LogP contribution in [0, 0.1) is 32.2 Å². The van der Waals surface area contributed by atoms with E-state index in [1.165, 1.54) is 0 Å². The van der Waals surface area contributed by atoms with Gasteiger partial charge < -0.3 is 16.4 Å². The van der Waals surface area contributed by atoms with Gasteiger partial charge in [0.15, 0.2) is 0 Å². The number of rotatable bonds is 0. The molecule has 0 saturated carbocycles. The second kappa shape index (κ2) is 15.8. The van der Waals surface area contributed by atoms with Gasteiger partial charge in [0.25, 0.3) is 0 Å². The average Bonchev–Trinajstić information content (AvgIpc) is 0.811. The van der Waals surface area contributed by atoms with Crippen LogP contribution in [0.25, 0.3) is 0 Å². The number of hydrogen-bond acceptors (Lipinski definition) is 0. The zero-order chi connectivity index (χ0) is 3.58. The van der Waals surface area contributed by atoms with E-state index in [2.05, 4.69) is 0 Å². The summed E-state index contributed by atoms with van der Waals surface area (Å²) in [7, 11) is 0. The van der Waals surface area contributed by atoms with Gasteiger partial charge in [0, 0.05) is 0 Å². The van der Waals surface area contributed by atoms with Crippen LogP contribution in [0.15, 0.2) is 0 Å². The van der Waals surface area contributed by atoms with E-state index in [1.807, 2.05) is 0 Å². The third kappa shape index (κ3) is 217. The molecule has 0 spiro atoms. The van der Waals surface area contributed by atoms with Crippen LogP contribution in [0.1, 0.15) is 0 Å². The van der Waals surface area contributed by atoms with Crippen molar-refractivity contribution < 1.29 is 53.5 Å². The van der Waals surface area contributed by atoms with Crippen LogP contribution in [-0.4, -0.2) is 16.4 Å². The summed E-state index contributed by atoms with van der Waals surface area (Å²) in [5, 5.41) is 0. The molecule has 0 bridgehead atoms. The van der Waals surface area contributed by atoms with Gasteiger partial charge in [0.1, 0.15) is 0 Å². The molecule has 0 aromatic heterocycles. The standard InChI is InChI=1S/3FH.La.3H2O/h3*1H;;3*1H2/q;;;+3;;;/p-3. The van der Waals surface area contributed by atoms with Gasteiger partial charge >= 0.3 is 37.1 Å². The number of halogens is 3. The maximum absolute atomic E-state index is 9.89. The first-order valence-electron chi connectivity index (χ1n) is 0.655. The van der Waals surface area contributed by atoms with Crippen LogP contribution in [0.4, 0.5) is 4.81 Å². The second-order valence-electron chi connectivity index (χ2n) is 0.247. The summed E-state index contributed by atoms with van der Waals surface area (Å²) in [6, 6.07) is 0. The van der Waals surface area contributed by atoms with Gasteiger partial charge in [0.2, 0.25) is 0 Å². The molecule has 0 rings (SSSR count). The van der Waals surface area contributed by atoms with Crippen molar-refractivity contribution in [3.63, 3.8) is 0 Å². The molecule has 0 radical (unpaired) electrons. The van der Waals surface area contributed by atoms with E-state index in [0.717, 1.165) is 0 Å². The minimum atomic E-state index is -5.22. The van der Waals surface area contributed by atoms with Crippen molar-refractivity contribution in [3.05, 3.63) is 0 Å². The molecule has 0 aromatic rings. The van der Waals surface area contributed by atoms with Gasteiger partial charge in [-0.05, 0) is 0 Å². The minimum absolute atomic E-state index is 0.